The van der Waals surface area contributed by atoms with E-state index in [1.54, 1.807) is 13.8 Å². The van der Waals surface area contributed by atoms with Gasteiger partial charge in [0.15, 0.2) is 9.84 Å². The third-order valence-corrected chi connectivity index (χ3v) is 5.05. The topological polar surface area (TPSA) is 107 Å². The van der Waals surface area contributed by atoms with Crippen molar-refractivity contribution in [1.82, 2.24) is 0 Å². The van der Waals surface area contributed by atoms with Crippen molar-refractivity contribution in [1.29, 1.82) is 0 Å². The second-order valence-electron chi connectivity index (χ2n) is 4.11. The highest BCUT2D eigenvalue weighted by Gasteiger charge is 2.19. The average Bonchev–Trinajstić information content (AvgIpc) is 2.26. The van der Waals surface area contributed by atoms with E-state index < -0.39 is 19.9 Å². The van der Waals surface area contributed by atoms with E-state index in [9.17, 15) is 16.8 Å². The molecule has 1 aromatic rings. The van der Waals surface area contributed by atoms with E-state index in [-0.39, 0.29) is 15.6 Å². The molecule has 0 unspecified atom stereocenters. The summed E-state index contributed by atoms with van der Waals surface area (Å²) in [5, 5.41) is 0. The van der Waals surface area contributed by atoms with Gasteiger partial charge in [-0.1, -0.05) is 13.0 Å². The van der Waals surface area contributed by atoms with Crippen LogP contribution in [0.1, 0.15) is 18.9 Å². The molecule has 0 saturated carbocycles. The standard InChI is InChI=1S/C11H16N2O4S2/c1-4-11(12)13-19(16,17)10-7-9(18(3,14)15)6-5-8(10)2/h5-7H,4H2,1-3H3,(H2,12,13). The zero-order valence-corrected chi connectivity index (χ0v) is 12.5. The zero-order valence-electron chi connectivity index (χ0n) is 10.9. The summed E-state index contributed by atoms with van der Waals surface area (Å²) >= 11 is 0. The molecule has 0 aromatic heterocycles. The highest BCUT2D eigenvalue weighted by atomic mass is 32.2. The van der Waals surface area contributed by atoms with Crippen molar-refractivity contribution < 1.29 is 16.8 Å². The molecule has 0 bridgehead atoms. The number of hydrogen-bond acceptors (Lipinski definition) is 4. The second-order valence-corrected chi connectivity index (χ2v) is 7.70. The van der Waals surface area contributed by atoms with Crippen LogP contribution in [-0.2, 0) is 19.9 Å². The van der Waals surface area contributed by atoms with Crippen LogP contribution in [0.15, 0.2) is 32.4 Å². The predicted molar refractivity (Wildman–Crippen MR) is 73.4 cm³/mol. The first-order chi connectivity index (χ1) is 8.58. The van der Waals surface area contributed by atoms with Gasteiger partial charge in [-0.2, -0.15) is 8.42 Å². The van der Waals surface area contributed by atoms with Crippen LogP contribution in [0.5, 0.6) is 0 Å². The normalized spacial score (nSPS) is 13.5. The third-order valence-electron chi connectivity index (χ3n) is 2.47. The number of aryl methyl sites for hydroxylation is 1. The Morgan fingerprint density at radius 3 is 2.32 bits per heavy atom. The highest BCUT2D eigenvalue weighted by Crippen LogP contribution is 2.22. The first-order valence-corrected chi connectivity index (χ1v) is 8.81. The summed E-state index contributed by atoms with van der Waals surface area (Å²) in [6.07, 6.45) is 1.31. The summed E-state index contributed by atoms with van der Waals surface area (Å²) in [4.78, 5) is -0.214. The van der Waals surface area contributed by atoms with Crippen molar-refractivity contribution >= 4 is 25.7 Å². The Morgan fingerprint density at radius 1 is 1.26 bits per heavy atom. The summed E-state index contributed by atoms with van der Waals surface area (Å²) in [5.41, 5.74) is 5.84. The molecule has 1 aromatic carbocycles. The Morgan fingerprint density at radius 2 is 1.84 bits per heavy atom. The van der Waals surface area contributed by atoms with Crippen molar-refractivity contribution in [3.63, 3.8) is 0 Å². The Hall–Kier alpha value is -1.41. The number of sulfonamides is 1. The summed E-state index contributed by atoms with van der Waals surface area (Å²) < 4.78 is 50.4. The molecule has 8 heteroatoms. The fourth-order valence-corrected chi connectivity index (χ4v) is 3.37. The van der Waals surface area contributed by atoms with E-state index in [4.69, 9.17) is 5.73 Å². The number of hydrogen-bond donors (Lipinski definition) is 1. The minimum Gasteiger partial charge on any atom is -0.386 e. The summed E-state index contributed by atoms with van der Waals surface area (Å²) in [5.74, 6) is -0.0239. The highest BCUT2D eigenvalue weighted by molar-refractivity contribution is 7.91. The molecule has 6 nitrogen and oxygen atoms in total. The fraction of sp³-hybridized carbons (Fsp3) is 0.364. The molecule has 106 valence electrons. The number of sulfone groups is 1. The lowest BCUT2D eigenvalue weighted by molar-refractivity contribution is 0.596. The Bertz CT molecular complexity index is 719. The van der Waals surface area contributed by atoms with Gasteiger partial charge in [0.2, 0.25) is 0 Å². The number of amidine groups is 1. The van der Waals surface area contributed by atoms with Crippen LogP contribution < -0.4 is 5.73 Å². The van der Waals surface area contributed by atoms with Gasteiger partial charge >= 0.3 is 0 Å². The maximum atomic E-state index is 12.0. The number of rotatable bonds is 4. The molecule has 0 aliphatic heterocycles. The van der Waals surface area contributed by atoms with E-state index in [1.165, 1.54) is 12.1 Å². The molecule has 0 radical (unpaired) electrons. The maximum Gasteiger partial charge on any atom is 0.284 e. The second kappa shape index (κ2) is 5.30. The van der Waals surface area contributed by atoms with E-state index >= 15 is 0 Å². The van der Waals surface area contributed by atoms with Crippen molar-refractivity contribution in [2.75, 3.05) is 6.26 Å². The van der Waals surface area contributed by atoms with Crippen LogP contribution in [-0.4, -0.2) is 28.9 Å². The van der Waals surface area contributed by atoms with Crippen molar-refractivity contribution in [2.45, 2.75) is 30.1 Å². The van der Waals surface area contributed by atoms with Gasteiger partial charge in [-0.25, -0.2) is 8.42 Å². The van der Waals surface area contributed by atoms with E-state index in [2.05, 4.69) is 4.40 Å². The predicted octanol–water partition coefficient (Wildman–Crippen LogP) is 0.854. The number of benzene rings is 1. The molecule has 0 aliphatic rings. The molecule has 2 N–H and O–H groups in total. The Kier molecular flexibility index (Phi) is 4.36. The molecular formula is C11H16N2O4S2. The molecule has 0 aliphatic carbocycles. The van der Waals surface area contributed by atoms with Crippen molar-refractivity contribution in [2.24, 2.45) is 10.1 Å². The molecule has 0 amide bonds. The molecule has 19 heavy (non-hydrogen) atoms. The van der Waals surface area contributed by atoms with Gasteiger partial charge in [-0.05, 0) is 24.6 Å². The largest absolute Gasteiger partial charge is 0.386 e. The fourth-order valence-electron chi connectivity index (χ4n) is 1.36. The lowest BCUT2D eigenvalue weighted by atomic mass is 10.2. The van der Waals surface area contributed by atoms with Crippen LogP contribution in [0, 0.1) is 6.92 Å². The van der Waals surface area contributed by atoms with E-state index in [1.807, 2.05) is 0 Å². The molecular weight excluding hydrogens is 288 g/mol. The van der Waals surface area contributed by atoms with Gasteiger partial charge in [0.05, 0.1) is 9.79 Å². The van der Waals surface area contributed by atoms with Gasteiger partial charge in [-0.3, -0.25) is 0 Å². The summed E-state index contributed by atoms with van der Waals surface area (Å²) in [6.45, 7) is 3.24. The van der Waals surface area contributed by atoms with Crippen molar-refractivity contribution in [3.8, 4) is 0 Å². The van der Waals surface area contributed by atoms with Gasteiger partial charge in [0.1, 0.15) is 5.84 Å². The summed E-state index contributed by atoms with van der Waals surface area (Å²) in [6, 6.07) is 3.89. The Balaban J connectivity index is 3.52. The smallest absolute Gasteiger partial charge is 0.284 e. The van der Waals surface area contributed by atoms with Crippen LogP contribution in [0.3, 0.4) is 0 Å². The van der Waals surface area contributed by atoms with Crippen LogP contribution in [0.25, 0.3) is 0 Å². The quantitative estimate of drug-likeness (QED) is 0.655. The van der Waals surface area contributed by atoms with Gasteiger partial charge in [-0.15, -0.1) is 4.40 Å². The van der Waals surface area contributed by atoms with Gasteiger partial charge < -0.3 is 5.73 Å². The van der Waals surface area contributed by atoms with E-state index in [0.717, 1.165) is 12.3 Å². The first-order valence-electron chi connectivity index (χ1n) is 5.48. The van der Waals surface area contributed by atoms with Crippen LogP contribution in [0.2, 0.25) is 0 Å². The van der Waals surface area contributed by atoms with Crippen LogP contribution >= 0.6 is 0 Å². The maximum absolute atomic E-state index is 12.0. The molecule has 0 spiro atoms. The lowest BCUT2D eigenvalue weighted by Gasteiger charge is -2.06. The summed E-state index contributed by atoms with van der Waals surface area (Å²) in [7, 11) is -7.47. The molecule has 1 rings (SSSR count). The average molecular weight is 304 g/mol. The SMILES string of the molecule is CC/C(N)=N/S(=O)(=O)c1cc(S(C)(=O)=O)ccc1C. The minimum atomic E-state index is -3.99. The van der Waals surface area contributed by atoms with Crippen molar-refractivity contribution in [3.05, 3.63) is 23.8 Å². The van der Waals surface area contributed by atoms with E-state index in [0.29, 0.717) is 12.0 Å². The lowest BCUT2D eigenvalue weighted by Crippen LogP contribution is -2.14. The molecule has 0 fully saturated rings. The third kappa shape index (κ3) is 3.77. The Labute approximate surface area is 113 Å². The zero-order chi connectivity index (χ0) is 14.8. The molecule has 0 atom stereocenters. The van der Waals surface area contributed by atoms with Crippen LogP contribution in [0.4, 0.5) is 0 Å². The molecule has 0 saturated heterocycles. The van der Waals surface area contributed by atoms with Gasteiger partial charge in [0, 0.05) is 12.7 Å². The first kappa shape index (κ1) is 15.6. The molecule has 0 heterocycles. The van der Waals surface area contributed by atoms with Gasteiger partial charge in [0.25, 0.3) is 10.0 Å². The number of nitrogens with two attached hydrogens (primary N) is 1. The minimum absolute atomic E-state index is 0.0239. The monoisotopic (exact) mass is 304 g/mol. The number of nitrogens with zero attached hydrogens (tertiary/aromatic N) is 1.